The van der Waals surface area contributed by atoms with Gasteiger partial charge in [-0.2, -0.15) is 0 Å². The largest absolute Gasteiger partial charge is 0.328 e. The van der Waals surface area contributed by atoms with Crippen molar-refractivity contribution in [1.29, 1.82) is 0 Å². The first-order valence-electron chi connectivity index (χ1n) is 6.01. The molecule has 2 aliphatic rings. The second-order valence-electron chi connectivity index (χ2n) is 4.97. The van der Waals surface area contributed by atoms with Crippen molar-refractivity contribution >= 4 is 0 Å². The third kappa shape index (κ3) is 2.47. The van der Waals surface area contributed by atoms with E-state index in [1.807, 2.05) is 0 Å². The predicted octanol–water partition coefficient (Wildman–Crippen LogP) is 0.679. The molecule has 1 atom stereocenters. The number of likely N-dealkylation sites (tertiary alicyclic amines) is 1. The quantitative estimate of drug-likeness (QED) is 0.650. The number of hydrogen-bond acceptors (Lipinski definition) is 3. The van der Waals surface area contributed by atoms with Crippen molar-refractivity contribution in [1.82, 2.24) is 4.90 Å². The fourth-order valence-corrected chi connectivity index (χ4v) is 2.84. The van der Waals surface area contributed by atoms with E-state index in [0.29, 0.717) is 12.1 Å². The van der Waals surface area contributed by atoms with Crippen molar-refractivity contribution in [3.05, 3.63) is 0 Å². The Balaban J connectivity index is 1.82. The van der Waals surface area contributed by atoms with Gasteiger partial charge in [0.05, 0.1) is 0 Å². The van der Waals surface area contributed by atoms with E-state index >= 15 is 0 Å². The molecule has 1 aliphatic heterocycles. The Bertz CT molecular complexity index is 175. The van der Waals surface area contributed by atoms with Crippen LogP contribution in [0.3, 0.4) is 0 Å². The maximum absolute atomic E-state index is 5.99. The molecule has 0 spiro atoms. The molecule has 0 aromatic carbocycles. The first-order chi connectivity index (χ1) is 6.75. The van der Waals surface area contributed by atoms with Crippen LogP contribution in [0, 0.1) is 0 Å². The second-order valence-corrected chi connectivity index (χ2v) is 4.97. The lowest BCUT2D eigenvalue weighted by atomic mass is 9.89. The Morgan fingerprint density at radius 3 is 2.21 bits per heavy atom. The van der Waals surface area contributed by atoms with Crippen molar-refractivity contribution in [2.75, 3.05) is 13.1 Å². The van der Waals surface area contributed by atoms with E-state index in [4.69, 9.17) is 11.5 Å². The van der Waals surface area contributed by atoms with E-state index in [1.165, 1.54) is 45.1 Å². The van der Waals surface area contributed by atoms with Gasteiger partial charge in [0.25, 0.3) is 0 Å². The first kappa shape index (κ1) is 10.4. The van der Waals surface area contributed by atoms with Crippen LogP contribution in [0.2, 0.25) is 0 Å². The van der Waals surface area contributed by atoms with Crippen LogP contribution < -0.4 is 11.5 Å². The normalized spacial score (nSPS) is 41.1. The summed E-state index contributed by atoms with van der Waals surface area (Å²) in [6, 6.07) is 1.66. The van der Waals surface area contributed by atoms with E-state index in [-0.39, 0.29) is 0 Å². The highest BCUT2D eigenvalue weighted by molar-refractivity contribution is 4.85. The number of rotatable bonds is 1. The van der Waals surface area contributed by atoms with Crippen molar-refractivity contribution in [2.45, 2.75) is 56.7 Å². The minimum atomic E-state index is 0.416. The lowest BCUT2D eigenvalue weighted by molar-refractivity contribution is 0.115. The minimum absolute atomic E-state index is 0.416. The molecule has 0 radical (unpaired) electrons. The molecule has 1 saturated carbocycles. The molecule has 1 aliphatic carbocycles. The smallest absolute Gasteiger partial charge is 0.0168 e. The summed E-state index contributed by atoms with van der Waals surface area (Å²) in [6.07, 6.45) is 7.47. The van der Waals surface area contributed by atoms with Crippen LogP contribution in [0.15, 0.2) is 0 Å². The Hall–Kier alpha value is -0.120. The van der Waals surface area contributed by atoms with Gasteiger partial charge in [-0.3, -0.25) is 4.90 Å². The Morgan fingerprint density at radius 2 is 1.57 bits per heavy atom. The zero-order valence-corrected chi connectivity index (χ0v) is 8.99. The van der Waals surface area contributed by atoms with Gasteiger partial charge in [-0.25, -0.2) is 0 Å². The third-order valence-corrected chi connectivity index (χ3v) is 3.75. The summed E-state index contributed by atoms with van der Waals surface area (Å²) in [7, 11) is 0. The van der Waals surface area contributed by atoms with Gasteiger partial charge in [-0.15, -0.1) is 0 Å². The molecule has 1 saturated heterocycles. The van der Waals surface area contributed by atoms with Gasteiger partial charge < -0.3 is 11.5 Å². The van der Waals surface area contributed by atoms with Crippen molar-refractivity contribution in [2.24, 2.45) is 11.5 Å². The Labute approximate surface area is 86.8 Å². The molecule has 82 valence electrons. The van der Waals surface area contributed by atoms with Crippen LogP contribution >= 0.6 is 0 Å². The summed E-state index contributed by atoms with van der Waals surface area (Å²) in [5.41, 5.74) is 11.9. The number of nitrogens with two attached hydrogens (primary N) is 2. The molecule has 4 N–H and O–H groups in total. The average Bonchev–Trinajstić information content (AvgIpc) is 2.19. The van der Waals surface area contributed by atoms with Gasteiger partial charge >= 0.3 is 0 Å². The van der Waals surface area contributed by atoms with Crippen molar-refractivity contribution in [3.63, 3.8) is 0 Å². The number of hydrogen-bond donors (Lipinski definition) is 2. The second kappa shape index (κ2) is 4.60. The maximum atomic E-state index is 5.99. The van der Waals surface area contributed by atoms with Gasteiger partial charge in [-0.05, 0) is 45.1 Å². The van der Waals surface area contributed by atoms with E-state index in [9.17, 15) is 0 Å². The van der Waals surface area contributed by atoms with Crippen molar-refractivity contribution < 1.29 is 0 Å². The summed E-state index contributed by atoms with van der Waals surface area (Å²) in [4.78, 5) is 2.60. The highest BCUT2D eigenvalue weighted by Gasteiger charge is 2.27. The molecule has 0 bridgehead atoms. The zero-order valence-electron chi connectivity index (χ0n) is 8.99. The topological polar surface area (TPSA) is 55.3 Å². The molecule has 3 nitrogen and oxygen atoms in total. The van der Waals surface area contributed by atoms with Gasteiger partial charge in [-0.1, -0.05) is 0 Å². The fourth-order valence-electron chi connectivity index (χ4n) is 2.84. The van der Waals surface area contributed by atoms with Gasteiger partial charge in [0.1, 0.15) is 0 Å². The van der Waals surface area contributed by atoms with E-state index in [1.54, 1.807) is 0 Å². The average molecular weight is 197 g/mol. The molecule has 0 unspecified atom stereocenters. The van der Waals surface area contributed by atoms with Gasteiger partial charge in [0, 0.05) is 24.7 Å². The number of nitrogens with zero attached hydrogens (tertiary/aromatic N) is 1. The summed E-state index contributed by atoms with van der Waals surface area (Å²) in [6.45, 7) is 2.37. The molecular weight excluding hydrogens is 174 g/mol. The molecule has 1 heterocycles. The van der Waals surface area contributed by atoms with E-state index in [0.717, 1.165) is 12.6 Å². The van der Waals surface area contributed by atoms with Crippen LogP contribution in [0.1, 0.15) is 38.5 Å². The molecule has 0 aromatic rings. The molecule has 0 aromatic heterocycles. The molecule has 0 amide bonds. The summed E-state index contributed by atoms with van der Waals surface area (Å²) < 4.78 is 0. The minimum Gasteiger partial charge on any atom is -0.328 e. The SMILES string of the molecule is NC1CCC(N2CCC[C@@H](N)C2)CC1. The monoisotopic (exact) mass is 197 g/mol. The highest BCUT2D eigenvalue weighted by Crippen LogP contribution is 2.24. The van der Waals surface area contributed by atoms with Gasteiger partial charge in [0.15, 0.2) is 0 Å². The van der Waals surface area contributed by atoms with Crippen LogP contribution in [-0.4, -0.2) is 36.1 Å². The van der Waals surface area contributed by atoms with Crippen LogP contribution in [0.5, 0.6) is 0 Å². The molecule has 14 heavy (non-hydrogen) atoms. The number of piperidine rings is 1. The van der Waals surface area contributed by atoms with Crippen LogP contribution in [-0.2, 0) is 0 Å². The van der Waals surface area contributed by atoms with Crippen molar-refractivity contribution in [3.8, 4) is 0 Å². The molecule has 2 rings (SSSR count). The van der Waals surface area contributed by atoms with E-state index in [2.05, 4.69) is 4.90 Å². The first-order valence-corrected chi connectivity index (χ1v) is 6.01. The lowest BCUT2D eigenvalue weighted by Gasteiger charge is -2.40. The molecule has 2 fully saturated rings. The maximum Gasteiger partial charge on any atom is 0.0168 e. The fraction of sp³-hybridized carbons (Fsp3) is 1.00. The lowest BCUT2D eigenvalue weighted by Crippen LogP contribution is -2.49. The van der Waals surface area contributed by atoms with Gasteiger partial charge in [0.2, 0.25) is 0 Å². The zero-order chi connectivity index (χ0) is 9.97. The summed E-state index contributed by atoms with van der Waals surface area (Å²) in [5.74, 6) is 0. The standard InChI is InChI=1S/C11H23N3/c12-9-3-5-11(6-4-9)14-7-1-2-10(13)8-14/h9-11H,1-8,12-13H2/t9?,10-,11?/m1/s1. The van der Waals surface area contributed by atoms with Crippen LogP contribution in [0.4, 0.5) is 0 Å². The summed E-state index contributed by atoms with van der Waals surface area (Å²) in [5, 5.41) is 0. The van der Waals surface area contributed by atoms with Crippen LogP contribution in [0.25, 0.3) is 0 Å². The molecule has 3 heteroatoms. The Kier molecular flexibility index (Phi) is 3.42. The Morgan fingerprint density at radius 1 is 0.857 bits per heavy atom. The predicted molar refractivity (Wildman–Crippen MR) is 59.0 cm³/mol. The van der Waals surface area contributed by atoms with E-state index < -0.39 is 0 Å². The highest BCUT2D eigenvalue weighted by atomic mass is 15.2. The summed E-state index contributed by atoms with van der Waals surface area (Å²) >= 11 is 0. The molecular formula is C11H23N3. The third-order valence-electron chi connectivity index (χ3n) is 3.75.